The van der Waals surface area contributed by atoms with Crippen LogP contribution in [0, 0.1) is 6.92 Å². The largest absolute Gasteiger partial charge is 0.356 e. The van der Waals surface area contributed by atoms with Crippen molar-refractivity contribution in [2.24, 2.45) is 0 Å². The highest BCUT2D eigenvalue weighted by molar-refractivity contribution is 5.45. The third-order valence-corrected chi connectivity index (χ3v) is 3.51. The molecule has 4 heteroatoms. The second-order valence-electron chi connectivity index (χ2n) is 5.19. The summed E-state index contributed by atoms with van der Waals surface area (Å²) in [6, 6.07) is 2.51. The Morgan fingerprint density at radius 2 is 2.00 bits per heavy atom. The summed E-state index contributed by atoms with van der Waals surface area (Å²) in [6.07, 6.45) is 4.98. The molecular weight excluding hydrogens is 224 g/mol. The summed E-state index contributed by atoms with van der Waals surface area (Å²) in [4.78, 5) is 11.5. The molecule has 100 valence electrons. The van der Waals surface area contributed by atoms with Crippen LogP contribution in [0.15, 0.2) is 6.07 Å². The van der Waals surface area contributed by atoms with E-state index in [1.807, 2.05) is 6.92 Å². The molecule has 0 spiro atoms. The first-order chi connectivity index (χ1) is 8.69. The van der Waals surface area contributed by atoms with Crippen LogP contribution in [0.3, 0.4) is 0 Å². The number of nitrogens with one attached hydrogen (secondary N) is 1. The van der Waals surface area contributed by atoms with Gasteiger partial charge < -0.3 is 10.2 Å². The molecule has 0 amide bonds. The van der Waals surface area contributed by atoms with E-state index in [9.17, 15) is 0 Å². The Hall–Kier alpha value is -1.32. The minimum atomic E-state index is 0.418. The third-order valence-electron chi connectivity index (χ3n) is 3.51. The zero-order valence-electron chi connectivity index (χ0n) is 11.7. The minimum Gasteiger partial charge on any atom is -0.356 e. The number of aromatic nitrogens is 2. The predicted molar refractivity (Wildman–Crippen MR) is 76.2 cm³/mol. The van der Waals surface area contributed by atoms with E-state index in [1.54, 1.807) is 0 Å². The maximum absolute atomic E-state index is 4.65. The second-order valence-corrected chi connectivity index (χ2v) is 5.19. The van der Waals surface area contributed by atoms with Gasteiger partial charge in [-0.15, -0.1) is 0 Å². The SMILES string of the molecule is CCC(C)Nc1nc(C)cc(N2CCCCC2)n1. The Morgan fingerprint density at radius 1 is 1.28 bits per heavy atom. The summed E-state index contributed by atoms with van der Waals surface area (Å²) in [7, 11) is 0. The Kier molecular flexibility index (Phi) is 4.39. The number of rotatable bonds is 4. The summed E-state index contributed by atoms with van der Waals surface area (Å²) < 4.78 is 0. The summed E-state index contributed by atoms with van der Waals surface area (Å²) >= 11 is 0. The van der Waals surface area contributed by atoms with Gasteiger partial charge in [0, 0.05) is 30.9 Å². The lowest BCUT2D eigenvalue weighted by molar-refractivity contribution is 0.573. The smallest absolute Gasteiger partial charge is 0.225 e. The van der Waals surface area contributed by atoms with Crippen molar-refractivity contribution in [1.29, 1.82) is 0 Å². The molecule has 2 heterocycles. The Balaban J connectivity index is 2.14. The van der Waals surface area contributed by atoms with Gasteiger partial charge in [-0.25, -0.2) is 4.98 Å². The van der Waals surface area contributed by atoms with Gasteiger partial charge in [0.25, 0.3) is 0 Å². The van der Waals surface area contributed by atoms with E-state index in [4.69, 9.17) is 0 Å². The van der Waals surface area contributed by atoms with E-state index in [0.29, 0.717) is 6.04 Å². The average molecular weight is 248 g/mol. The second kappa shape index (κ2) is 6.03. The fourth-order valence-corrected chi connectivity index (χ4v) is 2.22. The van der Waals surface area contributed by atoms with Crippen LogP contribution in [0.4, 0.5) is 11.8 Å². The van der Waals surface area contributed by atoms with Crippen LogP contribution in [0.1, 0.15) is 45.2 Å². The number of hydrogen-bond donors (Lipinski definition) is 1. The zero-order chi connectivity index (χ0) is 13.0. The van der Waals surface area contributed by atoms with Crippen LogP contribution in [0.5, 0.6) is 0 Å². The molecule has 1 aromatic rings. The standard InChI is InChI=1S/C14H24N4/c1-4-11(2)15-14-16-12(3)10-13(17-14)18-8-6-5-7-9-18/h10-11H,4-9H2,1-3H3,(H,15,16,17). The first kappa shape index (κ1) is 13.1. The summed E-state index contributed by atoms with van der Waals surface area (Å²) in [5, 5.41) is 3.36. The van der Waals surface area contributed by atoms with Gasteiger partial charge in [0.1, 0.15) is 5.82 Å². The van der Waals surface area contributed by atoms with Crippen molar-refractivity contribution in [1.82, 2.24) is 9.97 Å². The maximum Gasteiger partial charge on any atom is 0.225 e. The maximum atomic E-state index is 4.65. The van der Waals surface area contributed by atoms with Crippen molar-refractivity contribution >= 4 is 11.8 Å². The first-order valence-electron chi connectivity index (χ1n) is 7.06. The van der Waals surface area contributed by atoms with Crippen molar-refractivity contribution in [2.75, 3.05) is 23.3 Å². The zero-order valence-corrected chi connectivity index (χ0v) is 11.7. The molecule has 1 aromatic heterocycles. The van der Waals surface area contributed by atoms with Crippen molar-refractivity contribution in [3.8, 4) is 0 Å². The molecule has 18 heavy (non-hydrogen) atoms. The van der Waals surface area contributed by atoms with E-state index < -0.39 is 0 Å². The summed E-state index contributed by atoms with van der Waals surface area (Å²) in [5.74, 6) is 1.85. The molecule has 4 nitrogen and oxygen atoms in total. The van der Waals surface area contributed by atoms with Gasteiger partial charge in [-0.1, -0.05) is 6.92 Å². The molecule has 0 aromatic carbocycles. The lowest BCUT2D eigenvalue weighted by Crippen LogP contribution is -2.30. The molecule has 2 rings (SSSR count). The number of piperidine rings is 1. The fourth-order valence-electron chi connectivity index (χ4n) is 2.22. The Labute approximate surface area is 110 Å². The fraction of sp³-hybridized carbons (Fsp3) is 0.714. The van der Waals surface area contributed by atoms with E-state index in [0.717, 1.165) is 37.0 Å². The van der Waals surface area contributed by atoms with Gasteiger partial charge >= 0.3 is 0 Å². The Morgan fingerprint density at radius 3 is 2.67 bits per heavy atom. The molecule has 0 aliphatic carbocycles. The molecule has 0 bridgehead atoms. The van der Waals surface area contributed by atoms with Gasteiger partial charge in [0.05, 0.1) is 0 Å². The molecule has 1 aliphatic heterocycles. The highest BCUT2D eigenvalue weighted by Crippen LogP contribution is 2.20. The predicted octanol–water partition coefficient (Wildman–Crippen LogP) is 2.99. The molecule has 0 saturated carbocycles. The van der Waals surface area contributed by atoms with Crippen LogP contribution in [0.2, 0.25) is 0 Å². The lowest BCUT2D eigenvalue weighted by atomic mass is 10.1. The number of nitrogens with zero attached hydrogens (tertiary/aromatic N) is 3. The van der Waals surface area contributed by atoms with Crippen molar-refractivity contribution in [2.45, 2.75) is 52.5 Å². The van der Waals surface area contributed by atoms with Crippen LogP contribution in [0.25, 0.3) is 0 Å². The van der Waals surface area contributed by atoms with Gasteiger partial charge in [-0.3, -0.25) is 0 Å². The quantitative estimate of drug-likeness (QED) is 0.889. The molecule has 1 N–H and O–H groups in total. The van der Waals surface area contributed by atoms with Gasteiger partial charge in [-0.05, 0) is 39.5 Å². The molecular formula is C14H24N4. The first-order valence-corrected chi connectivity index (χ1v) is 7.06. The van der Waals surface area contributed by atoms with E-state index in [2.05, 4.69) is 40.1 Å². The van der Waals surface area contributed by atoms with Crippen molar-refractivity contribution < 1.29 is 0 Å². The van der Waals surface area contributed by atoms with Crippen LogP contribution < -0.4 is 10.2 Å². The van der Waals surface area contributed by atoms with E-state index in [1.165, 1.54) is 19.3 Å². The van der Waals surface area contributed by atoms with Gasteiger partial charge in [-0.2, -0.15) is 4.98 Å². The number of aryl methyl sites for hydroxylation is 1. The normalized spacial score (nSPS) is 17.6. The average Bonchev–Trinajstić information content (AvgIpc) is 2.39. The molecule has 1 unspecified atom stereocenters. The Bertz CT molecular complexity index is 385. The monoisotopic (exact) mass is 248 g/mol. The molecule has 1 aliphatic rings. The van der Waals surface area contributed by atoms with Gasteiger partial charge in [0.2, 0.25) is 5.95 Å². The minimum absolute atomic E-state index is 0.418. The molecule has 1 fully saturated rings. The topological polar surface area (TPSA) is 41.1 Å². The van der Waals surface area contributed by atoms with Crippen molar-refractivity contribution in [3.05, 3.63) is 11.8 Å². The van der Waals surface area contributed by atoms with Gasteiger partial charge in [0.15, 0.2) is 0 Å². The van der Waals surface area contributed by atoms with E-state index in [-0.39, 0.29) is 0 Å². The molecule has 1 atom stereocenters. The number of anilines is 2. The lowest BCUT2D eigenvalue weighted by Gasteiger charge is -2.28. The molecule has 1 saturated heterocycles. The highest BCUT2D eigenvalue weighted by atomic mass is 15.2. The molecule has 0 radical (unpaired) electrons. The van der Waals surface area contributed by atoms with Crippen molar-refractivity contribution in [3.63, 3.8) is 0 Å². The summed E-state index contributed by atoms with van der Waals surface area (Å²) in [5.41, 5.74) is 1.04. The van der Waals surface area contributed by atoms with E-state index >= 15 is 0 Å². The van der Waals surface area contributed by atoms with Crippen LogP contribution in [-0.2, 0) is 0 Å². The number of hydrogen-bond acceptors (Lipinski definition) is 4. The van der Waals surface area contributed by atoms with Crippen LogP contribution in [-0.4, -0.2) is 29.1 Å². The van der Waals surface area contributed by atoms with Crippen LogP contribution >= 0.6 is 0 Å². The highest BCUT2D eigenvalue weighted by Gasteiger charge is 2.14. The summed E-state index contributed by atoms with van der Waals surface area (Å²) in [6.45, 7) is 8.61. The third kappa shape index (κ3) is 3.34.